The molecule has 74 valence electrons. The number of nitrogens with zero attached hydrogens (tertiary/aromatic N) is 3. The van der Waals surface area contributed by atoms with Crippen LogP contribution in [0.3, 0.4) is 0 Å². The molecule has 0 radical (unpaired) electrons. The van der Waals surface area contributed by atoms with Gasteiger partial charge in [-0.1, -0.05) is 5.92 Å². The molecule has 0 aliphatic heterocycles. The minimum atomic E-state index is -0.333. The molecule has 0 bridgehead atoms. The van der Waals surface area contributed by atoms with Crippen LogP contribution in [-0.4, -0.2) is 26.8 Å². The molecule has 1 amide bonds. The van der Waals surface area contributed by atoms with Gasteiger partial charge in [-0.2, -0.15) is 5.10 Å². The van der Waals surface area contributed by atoms with Gasteiger partial charge in [-0.25, -0.2) is 9.48 Å². The molecule has 0 saturated heterocycles. The van der Waals surface area contributed by atoms with Crippen molar-refractivity contribution in [3.8, 4) is 12.3 Å². The Hall–Kier alpha value is -2.03. The van der Waals surface area contributed by atoms with Crippen LogP contribution in [0.15, 0.2) is 11.1 Å². The van der Waals surface area contributed by atoms with E-state index in [1.54, 1.807) is 7.05 Å². The van der Waals surface area contributed by atoms with E-state index in [2.05, 4.69) is 16.3 Å². The van der Waals surface area contributed by atoms with Gasteiger partial charge in [0.25, 0.3) is 0 Å². The van der Waals surface area contributed by atoms with Crippen molar-refractivity contribution in [2.45, 2.75) is 6.54 Å². The van der Waals surface area contributed by atoms with E-state index in [0.29, 0.717) is 0 Å². The fourth-order valence-corrected chi connectivity index (χ4v) is 0.871. The summed E-state index contributed by atoms with van der Waals surface area (Å²) in [5.74, 6) is 1.93. The highest BCUT2D eigenvalue weighted by Gasteiger charge is 2.06. The maximum Gasteiger partial charge on any atom is 0.345 e. The summed E-state index contributed by atoms with van der Waals surface area (Å²) in [4.78, 5) is 22.3. The molecule has 0 aromatic carbocycles. The van der Waals surface area contributed by atoms with E-state index in [1.165, 1.54) is 10.9 Å². The maximum atomic E-state index is 11.2. The third kappa shape index (κ3) is 2.23. The zero-order valence-corrected chi connectivity index (χ0v) is 7.73. The van der Waals surface area contributed by atoms with Crippen molar-refractivity contribution in [3.05, 3.63) is 16.8 Å². The van der Waals surface area contributed by atoms with E-state index >= 15 is 0 Å². The van der Waals surface area contributed by atoms with Crippen molar-refractivity contribution in [2.75, 3.05) is 6.54 Å². The number of hydrogen-bond donors (Lipinski definition) is 1. The Balaban J connectivity index is 2.62. The monoisotopic (exact) mass is 194 g/mol. The lowest BCUT2D eigenvalue weighted by molar-refractivity contribution is -0.121. The molecule has 6 heteroatoms. The molecular formula is C8H10N4O2. The van der Waals surface area contributed by atoms with E-state index in [1.807, 2.05) is 0 Å². The van der Waals surface area contributed by atoms with Gasteiger partial charge in [0.2, 0.25) is 5.91 Å². The Bertz CT molecular complexity index is 423. The standard InChI is InChI=1S/C8H10N4O2/c1-3-4-9-7(13)5-12-8(14)11(2)6-10-12/h1,6H,4-5H2,2H3,(H,9,13). The van der Waals surface area contributed by atoms with Crippen molar-refractivity contribution in [2.24, 2.45) is 7.05 Å². The first-order valence-corrected chi connectivity index (χ1v) is 3.93. The Morgan fingerprint density at radius 3 is 3.00 bits per heavy atom. The Labute approximate surface area is 80.5 Å². The van der Waals surface area contributed by atoms with Gasteiger partial charge in [0.1, 0.15) is 12.9 Å². The van der Waals surface area contributed by atoms with Gasteiger partial charge in [0.15, 0.2) is 0 Å². The van der Waals surface area contributed by atoms with Gasteiger partial charge < -0.3 is 5.32 Å². The minimum absolute atomic E-state index is 0.110. The van der Waals surface area contributed by atoms with E-state index in [-0.39, 0.29) is 24.7 Å². The summed E-state index contributed by atoms with van der Waals surface area (Å²) in [5.41, 5.74) is -0.333. The lowest BCUT2D eigenvalue weighted by atomic mass is 10.5. The summed E-state index contributed by atoms with van der Waals surface area (Å²) in [6.45, 7) is 0.0434. The van der Waals surface area contributed by atoms with E-state index in [4.69, 9.17) is 6.42 Å². The van der Waals surface area contributed by atoms with E-state index < -0.39 is 0 Å². The summed E-state index contributed by atoms with van der Waals surface area (Å²) in [6.07, 6.45) is 6.30. The van der Waals surface area contributed by atoms with Crippen LogP contribution in [-0.2, 0) is 18.4 Å². The summed E-state index contributed by atoms with van der Waals surface area (Å²) < 4.78 is 2.35. The van der Waals surface area contributed by atoms with Crippen LogP contribution >= 0.6 is 0 Å². The number of carbonyl (C=O) groups excluding carboxylic acids is 1. The highest BCUT2D eigenvalue weighted by Crippen LogP contribution is 1.76. The number of aryl methyl sites for hydroxylation is 1. The first-order valence-electron chi connectivity index (χ1n) is 3.93. The van der Waals surface area contributed by atoms with E-state index in [9.17, 15) is 9.59 Å². The van der Waals surface area contributed by atoms with Gasteiger partial charge in [0.05, 0.1) is 6.54 Å². The average molecular weight is 194 g/mol. The summed E-state index contributed by atoms with van der Waals surface area (Å²) in [7, 11) is 1.56. The van der Waals surface area contributed by atoms with Crippen molar-refractivity contribution in [1.82, 2.24) is 19.7 Å². The maximum absolute atomic E-state index is 11.2. The van der Waals surface area contributed by atoms with Gasteiger partial charge in [-0.3, -0.25) is 9.36 Å². The van der Waals surface area contributed by atoms with Crippen LogP contribution in [0.4, 0.5) is 0 Å². The van der Waals surface area contributed by atoms with Gasteiger partial charge in [0, 0.05) is 7.05 Å². The first kappa shape index (κ1) is 10.1. The summed E-state index contributed by atoms with van der Waals surface area (Å²) >= 11 is 0. The third-order valence-electron chi connectivity index (χ3n) is 1.57. The molecular weight excluding hydrogens is 184 g/mol. The number of rotatable bonds is 3. The lowest BCUT2D eigenvalue weighted by Gasteiger charge is -1.99. The smallest absolute Gasteiger partial charge is 0.344 e. The van der Waals surface area contributed by atoms with Crippen LogP contribution < -0.4 is 11.0 Å². The molecule has 0 saturated carbocycles. The minimum Gasteiger partial charge on any atom is -0.344 e. The van der Waals surface area contributed by atoms with Crippen molar-refractivity contribution < 1.29 is 4.79 Å². The Kier molecular flexibility index (Phi) is 3.07. The zero-order valence-electron chi connectivity index (χ0n) is 7.73. The van der Waals surface area contributed by atoms with Crippen LogP contribution in [0.5, 0.6) is 0 Å². The molecule has 0 aliphatic carbocycles. The topological polar surface area (TPSA) is 68.9 Å². The van der Waals surface area contributed by atoms with Gasteiger partial charge in [-0.05, 0) is 0 Å². The SMILES string of the molecule is C#CCNC(=O)Cn1ncn(C)c1=O. The average Bonchev–Trinajstić information content (AvgIpc) is 2.46. The van der Waals surface area contributed by atoms with Crippen LogP contribution in [0.25, 0.3) is 0 Å². The van der Waals surface area contributed by atoms with Crippen LogP contribution in [0.1, 0.15) is 0 Å². The molecule has 1 rings (SSSR count). The molecule has 1 aromatic rings. The summed E-state index contributed by atoms with van der Waals surface area (Å²) in [5, 5.41) is 6.15. The zero-order chi connectivity index (χ0) is 10.6. The Morgan fingerprint density at radius 1 is 1.79 bits per heavy atom. The van der Waals surface area contributed by atoms with Crippen molar-refractivity contribution in [3.63, 3.8) is 0 Å². The Morgan fingerprint density at radius 2 is 2.50 bits per heavy atom. The molecule has 1 heterocycles. The van der Waals surface area contributed by atoms with Crippen LogP contribution in [0, 0.1) is 12.3 Å². The first-order chi connectivity index (χ1) is 6.65. The third-order valence-corrected chi connectivity index (χ3v) is 1.57. The second-order valence-electron chi connectivity index (χ2n) is 2.66. The second kappa shape index (κ2) is 4.28. The summed E-state index contributed by atoms with van der Waals surface area (Å²) in [6, 6.07) is 0. The lowest BCUT2D eigenvalue weighted by Crippen LogP contribution is -2.33. The second-order valence-corrected chi connectivity index (χ2v) is 2.66. The van der Waals surface area contributed by atoms with Crippen LogP contribution in [0.2, 0.25) is 0 Å². The largest absolute Gasteiger partial charge is 0.345 e. The highest BCUT2D eigenvalue weighted by molar-refractivity contribution is 5.75. The highest BCUT2D eigenvalue weighted by atomic mass is 16.2. The van der Waals surface area contributed by atoms with E-state index in [0.717, 1.165) is 4.68 Å². The van der Waals surface area contributed by atoms with Crippen molar-refractivity contribution in [1.29, 1.82) is 0 Å². The number of aromatic nitrogens is 3. The number of hydrogen-bond acceptors (Lipinski definition) is 3. The molecule has 0 fully saturated rings. The van der Waals surface area contributed by atoms with Crippen molar-refractivity contribution >= 4 is 5.91 Å². The quantitative estimate of drug-likeness (QED) is 0.585. The molecule has 0 aliphatic rings. The predicted molar refractivity (Wildman–Crippen MR) is 49.3 cm³/mol. The number of terminal acetylenes is 1. The fourth-order valence-electron chi connectivity index (χ4n) is 0.871. The molecule has 0 unspecified atom stereocenters. The molecule has 1 N–H and O–H groups in total. The molecule has 14 heavy (non-hydrogen) atoms. The molecule has 0 spiro atoms. The number of amides is 1. The normalized spacial score (nSPS) is 9.43. The number of nitrogens with one attached hydrogen (secondary N) is 1. The van der Waals surface area contributed by atoms with Gasteiger partial charge in [-0.15, -0.1) is 6.42 Å². The number of carbonyl (C=O) groups is 1. The fraction of sp³-hybridized carbons (Fsp3) is 0.375. The molecule has 6 nitrogen and oxygen atoms in total. The predicted octanol–water partition coefficient (Wildman–Crippen LogP) is -1.67. The molecule has 0 atom stereocenters. The molecule has 1 aromatic heterocycles. The van der Waals surface area contributed by atoms with Gasteiger partial charge >= 0.3 is 5.69 Å².